The molecule has 0 radical (unpaired) electrons. The van der Waals surface area contributed by atoms with Crippen LogP contribution in [0.25, 0.3) is 0 Å². The lowest BCUT2D eigenvalue weighted by Crippen LogP contribution is -2.28. The predicted octanol–water partition coefficient (Wildman–Crippen LogP) is 3.56. The van der Waals surface area contributed by atoms with Gasteiger partial charge in [-0.2, -0.15) is 0 Å². The van der Waals surface area contributed by atoms with Gasteiger partial charge < -0.3 is 19.4 Å². The zero-order valence-corrected chi connectivity index (χ0v) is 14.0. The molecule has 23 heavy (non-hydrogen) atoms. The highest BCUT2D eigenvalue weighted by Gasteiger charge is 2.13. The van der Waals surface area contributed by atoms with Gasteiger partial charge in [0, 0.05) is 6.54 Å². The monoisotopic (exact) mass is 316 g/mol. The van der Waals surface area contributed by atoms with Crippen molar-refractivity contribution >= 4 is 11.6 Å². The number of carbonyl (C=O) groups excluding carboxylic acids is 1. The van der Waals surface area contributed by atoms with Crippen LogP contribution in [0.3, 0.4) is 0 Å². The minimum atomic E-state index is -0.198. The highest BCUT2D eigenvalue weighted by Crippen LogP contribution is 2.24. The first-order chi connectivity index (χ1) is 11.2. The molecule has 1 aromatic carbocycles. The van der Waals surface area contributed by atoms with Crippen LogP contribution in [-0.2, 0) is 0 Å². The Labute approximate surface area is 137 Å². The second-order valence-corrected chi connectivity index (χ2v) is 5.22. The molecule has 2 rings (SSSR count). The van der Waals surface area contributed by atoms with E-state index in [9.17, 15) is 4.79 Å². The summed E-state index contributed by atoms with van der Waals surface area (Å²) >= 11 is 0. The third-order valence-corrected chi connectivity index (χ3v) is 3.80. The third-order valence-electron chi connectivity index (χ3n) is 3.80. The summed E-state index contributed by atoms with van der Waals surface area (Å²) in [5.74, 6) is 1.08. The molecule has 0 atom stereocenters. The molecule has 0 spiro atoms. The number of hydrogen-bond donors (Lipinski definition) is 1. The number of amides is 1. The van der Waals surface area contributed by atoms with Gasteiger partial charge in [0.25, 0.3) is 5.91 Å². The quantitative estimate of drug-likeness (QED) is 0.809. The number of rotatable bonds is 8. The lowest BCUT2D eigenvalue weighted by Gasteiger charge is -2.19. The summed E-state index contributed by atoms with van der Waals surface area (Å²) in [5.41, 5.74) is 1.19. The normalized spacial score (nSPS) is 10.8. The number of para-hydroxylation sites is 2. The topological polar surface area (TPSA) is 54.7 Å². The maximum absolute atomic E-state index is 12.3. The molecule has 1 heterocycles. The van der Waals surface area contributed by atoms with Crippen LogP contribution in [0.1, 0.15) is 30.0 Å². The maximum Gasteiger partial charge on any atom is 0.259 e. The summed E-state index contributed by atoms with van der Waals surface area (Å²) in [5, 5.41) is 2.88. The Bertz CT molecular complexity index is 633. The van der Waals surface area contributed by atoms with Gasteiger partial charge in [-0.1, -0.05) is 26.0 Å². The van der Waals surface area contributed by atoms with E-state index in [4.69, 9.17) is 9.15 Å². The molecule has 1 N–H and O–H groups in total. The Kier molecular flexibility index (Phi) is 6.23. The SMILES string of the molecule is CCN(CC)CCOc1ccccc1NC(=O)c1ccoc1C. The van der Waals surface area contributed by atoms with E-state index in [1.54, 1.807) is 13.0 Å². The van der Waals surface area contributed by atoms with E-state index in [1.165, 1.54) is 6.26 Å². The molecule has 1 aromatic heterocycles. The van der Waals surface area contributed by atoms with Gasteiger partial charge in [-0.15, -0.1) is 0 Å². The molecule has 0 fully saturated rings. The number of furan rings is 1. The number of carbonyl (C=O) groups is 1. The van der Waals surface area contributed by atoms with Crippen molar-refractivity contribution in [2.75, 3.05) is 31.6 Å². The molecule has 0 bridgehead atoms. The smallest absolute Gasteiger partial charge is 0.259 e. The fraction of sp³-hybridized carbons (Fsp3) is 0.389. The average Bonchev–Trinajstić information content (AvgIpc) is 2.99. The number of hydrogen-bond acceptors (Lipinski definition) is 4. The Hall–Kier alpha value is -2.27. The number of benzene rings is 1. The molecular weight excluding hydrogens is 292 g/mol. The Morgan fingerprint density at radius 3 is 2.61 bits per heavy atom. The van der Waals surface area contributed by atoms with Gasteiger partial charge >= 0.3 is 0 Å². The van der Waals surface area contributed by atoms with Crippen molar-refractivity contribution in [3.8, 4) is 5.75 Å². The molecule has 0 unspecified atom stereocenters. The van der Waals surface area contributed by atoms with E-state index in [0.29, 0.717) is 29.4 Å². The molecule has 0 aliphatic carbocycles. The lowest BCUT2D eigenvalue weighted by molar-refractivity contribution is 0.102. The molecule has 124 valence electrons. The van der Waals surface area contributed by atoms with Crippen molar-refractivity contribution in [1.29, 1.82) is 0 Å². The number of aryl methyl sites for hydroxylation is 1. The summed E-state index contributed by atoms with van der Waals surface area (Å²) in [7, 11) is 0. The highest BCUT2D eigenvalue weighted by molar-refractivity contribution is 6.05. The van der Waals surface area contributed by atoms with Gasteiger partial charge in [0.2, 0.25) is 0 Å². The number of nitrogens with one attached hydrogen (secondary N) is 1. The third kappa shape index (κ3) is 4.60. The molecule has 5 heteroatoms. The summed E-state index contributed by atoms with van der Waals surface area (Å²) in [6.07, 6.45) is 1.51. The Morgan fingerprint density at radius 2 is 1.96 bits per heavy atom. The molecule has 0 aliphatic heterocycles. The van der Waals surface area contributed by atoms with Crippen LogP contribution in [0.5, 0.6) is 5.75 Å². The van der Waals surface area contributed by atoms with E-state index in [2.05, 4.69) is 24.1 Å². The molecule has 5 nitrogen and oxygen atoms in total. The molecule has 2 aromatic rings. The van der Waals surface area contributed by atoms with Crippen molar-refractivity contribution in [2.24, 2.45) is 0 Å². The second kappa shape index (κ2) is 8.39. The van der Waals surface area contributed by atoms with Crippen LogP contribution < -0.4 is 10.1 Å². The predicted molar refractivity (Wildman–Crippen MR) is 91.1 cm³/mol. The van der Waals surface area contributed by atoms with E-state index in [0.717, 1.165) is 19.6 Å². The first kappa shape index (κ1) is 17.1. The van der Waals surface area contributed by atoms with Crippen LogP contribution in [-0.4, -0.2) is 37.0 Å². The first-order valence-corrected chi connectivity index (χ1v) is 7.95. The zero-order valence-electron chi connectivity index (χ0n) is 14.0. The first-order valence-electron chi connectivity index (χ1n) is 7.95. The highest BCUT2D eigenvalue weighted by atomic mass is 16.5. The maximum atomic E-state index is 12.3. The summed E-state index contributed by atoms with van der Waals surface area (Å²) in [6, 6.07) is 9.12. The largest absolute Gasteiger partial charge is 0.490 e. The van der Waals surface area contributed by atoms with Gasteiger partial charge in [-0.05, 0) is 38.2 Å². The standard InChI is InChI=1S/C18H24N2O3/c1-4-20(5-2)11-13-23-17-9-7-6-8-16(17)19-18(21)15-10-12-22-14(15)3/h6-10,12H,4-5,11,13H2,1-3H3,(H,19,21). The minimum Gasteiger partial charge on any atom is -0.490 e. The Balaban J connectivity index is 2.00. The van der Waals surface area contributed by atoms with Crippen LogP contribution >= 0.6 is 0 Å². The molecule has 0 saturated heterocycles. The van der Waals surface area contributed by atoms with Crippen LogP contribution in [0.2, 0.25) is 0 Å². The lowest BCUT2D eigenvalue weighted by atomic mass is 10.2. The van der Waals surface area contributed by atoms with Gasteiger partial charge in [-0.3, -0.25) is 4.79 Å². The number of likely N-dealkylation sites (N-methyl/N-ethyl adjacent to an activating group) is 1. The van der Waals surface area contributed by atoms with E-state index in [-0.39, 0.29) is 5.91 Å². The van der Waals surface area contributed by atoms with Crippen LogP contribution in [0.4, 0.5) is 5.69 Å². The van der Waals surface area contributed by atoms with E-state index >= 15 is 0 Å². The summed E-state index contributed by atoms with van der Waals surface area (Å²) < 4.78 is 11.0. The summed E-state index contributed by atoms with van der Waals surface area (Å²) in [4.78, 5) is 14.6. The molecule has 0 aliphatic rings. The fourth-order valence-electron chi connectivity index (χ4n) is 2.33. The summed E-state index contributed by atoms with van der Waals surface area (Å²) in [6.45, 7) is 9.46. The van der Waals surface area contributed by atoms with Crippen molar-refractivity contribution in [3.63, 3.8) is 0 Å². The van der Waals surface area contributed by atoms with Gasteiger partial charge in [0.15, 0.2) is 0 Å². The van der Waals surface area contributed by atoms with Crippen molar-refractivity contribution in [1.82, 2.24) is 4.90 Å². The average molecular weight is 316 g/mol. The van der Waals surface area contributed by atoms with E-state index in [1.807, 2.05) is 24.3 Å². The van der Waals surface area contributed by atoms with Crippen molar-refractivity contribution in [2.45, 2.75) is 20.8 Å². The fourth-order valence-corrected chi connectivity index (χ4v) is 2.33. The van der Waals surface area contributed by atoms with Crippen molar-refractivity contribution in [3.05, 3.63) is 47.9 Å². The number of nitrogens with zero attached hydrogens (tertiary/aromatic N) is 1. The second-order valence-electron chi connectivity index (χ2n) is 5.22. The van der Waals surface area contributed by atoms with Gasteiger partial charge in [0.1, 0.15) is 18.1 Å². The zero-order chi connectivity index (χ0) is 16.7. The van der Waals surface area contributed by atoms with Gasteiger partial charge in [0.05, 0.1) is 17.5 Å². The number of ether oxygens (including phenoxy) is 1. The van der Waals surface area contributed by atoms with Crippen LogP contribution in [0, 0.1) is 6.92 Å². The van der Waals surface area contributed by atoms with Gasteiger partial charge in [-0.25, -0.2) is 0 Å². The molecule has 0 saturated carbocycles. The Morgan fingerprint density at radius 1 is 1.22 bits per heavy atom. The number of anilines is 1. The minimum absolute atomic E-state index is 0.198. The molecule has 1 amide bonds. The molecular formula is C18H24N2O3. The van der Waals surface area contributed by atoms with Crippen molar-refractivity contribution < 1.29 is 13.9 Å². The van der Waals surface area contributed by atoms with E-state index < -0.39 is 0 Å². The van der Waals surface area contributed by atoms with Crippen LogP contribution in [0.15, 0.2) is 41.0 Å².